The maximum Gasteiger partial charge on any atom is 0.235 e. The van der Waals surface area contributed by atoms with Crippen LogP contribution in [0.1, 0.15) is 18.4 Å². The molecular weight excluding hydrogens is 277 g/mol. The summed E-state index contributed by atoms with van der Waals surface area (Å²) in [5.74, 6) is 0.201. The number of benzene rings is 1. The lowest BCUT2D eigenvalue weighted by molar-refractivity contribution is -0.117. The molecule has 0 unspecified atom stereocenters. The van der Waals surface area contributed by atoms with Gasteiger partial charge in [0.15, 0.2) is 0 Å². The van der Waals surface area contributed by atoms with E-state index in [9.17, 15) is 4.79 Å². The van der Waals surface area contributed by atoms with Crippen LogP contribution in [0.25, 0.3) is 0 Å². The third kappa shape index (κ3) is 0.855. The van der Waals surface area contributed by atoms with E-state index in [4.69, 9.17) is 0 Å². The monoisotopic (exact) mass is 285 g/mol. The van der Waals surface area contributed by atoms with Crippen molar-refractivity contribution in [2.75, 3.05) is 5.32 Å². The van der Waals surface area contributed by atoms with Crippen molar-refractivity contribution in [1.82, 2.24) is 0 Å². The van der Waals surface area contributed by atoms with E-state index in [1.54, 1.807) is 0 Å². The number of anilines is 1. The molecule has 2 nitrogen and oxygen atoms in total. The van der Waals surface area contributed by atoms with Gasteiger partial charge in [-0.2, -0.15) is 0 Å². The summed E-state index contributed by atoms with van der Waals surface area (Å²) in [7, 11) is 0. The van der Waals surface area contributed by atoms with E-state index in [0.29, 0.717) is 0 Å². The maximum absolute atomic E-state index is 11.7. The van der Waals surface area contributed by atoms with Gasteiger partial charge in [-0.1, -0.05) is 6.07 Å². The van der Waals surface area contributed by atoms with Gasteiger partial charge < -0.3 is 5.32 Å². The van der Waals surface area contributed by atoms with Gasteiger partial charge in [0.25, 0.3) is 0 Å². The van der Waals surface area contributed by atoms with Crippen LogP contribution in [0, 0.1) is 3.57 Å². The van der Waals surface area contributed by atoms with Crippen LogP contribution in [0.5, 0.6) is 0 Å². The van der Waals surface area contributed by atoms with Crippen LogP contribution >= 0.6 is 22.6 Å². The van der Waals surface area contributed by atoms with Gasteiger partial charge in [0, 0.05) is 14.8 Å². The maximum atomic E-state index is 11.7. The molecule has 0 bridgehead atoms. The minimum Gasteiger partial charge on any atom is -0.325 e. The molecule has 1 heterocycles. The van der Waals surface area contributed by atoms with Gasteiger partial charge in [0.2, 0.25) is 5.91 Å². The zero-order valence-electron chi connectivity index (χ0n) is 6.93. The molecule has 1 aliphatic heterocycles. The summed E-state index contributed by atoms with van der Waals surface area (Å²) in [4.78, 5) is 11.7. The van der Waals surface area contributed by atoms with Crippen LogP contribution in [0.15, 0.2) is 18.2 Å². The van der Waals surface area contributed by atoms with Gasteiger partial charge in [0.05, 0.1) is 5.41 Å². The third-order valence-corrected chi connectivity index (χ3v) is 3.82. The highest BCUT2D eigenvalue weighted by atomic mass is 127. The number of halogens is 1. The molecule has 1 N–H and O–H groups in total. The van der Waals surface area contributed by atoms with Crippen LogP contribution in [0.2, 0.25) is 0 Å². The minimum atomic E-state index is -0.132. The summed E-state index contributed by atoms with van der Waals surface area (Å²) in [6.07, 6.45) is 2.04. The molecule has 1 spiro atoms. The van der Waals surface area contributed by atoms with Gasteiger partial charge in [-0.05, 0) is 47.6 Å². The second-order valence-electron chi connectivity index (χ2n) is 3.70. The first kappa shape index (κ1) is 7.79. The highest BCUT2D eigenvalue weighted by Gasteiger charge is 2.56. The van der Waals surface area contributed by atoms with Gasteiger partial charge in [0.1, 0.15) is 0 Å². The molecule has 0 saturated heterocycles. The zero-order valence-corrected chi connectivity index (χ0v) is 9.09. The summed E-state index contributed by atoms with van der Waals surface area (Å²) < 4.78 is 1.21. The van der Waals surface area contributed by atoms with E-state index in [0.717, 1.165) is 18.5 Å². The zero-order chi connectivity index (χ0) is 9.05. The Morgan fingerprint density at radius 3 is 2.85 bits per heavy atom. The fraction of sp³-hybridized carbons (Fsp3) is 0.300. The van der Waals surface area contributed by atoms with Crippen molar-refractivity contribution >= 4 is 34.2 Å². The number of nitrogens with one attached hydrogen (secondary N) is 1. The predicted octanol–water partition coefficient (Wildman–Crippen LogP) is 2.27. The number of hydrogen-bond donors (Lipinski definition) is 1. The van der Waals surface area contributed by atoms with Crippen LogP contribution in [0.3, 0.4) is 0 Å². The summed E-state index contributed by atoms with van der Waals surface area (Å²) >= 11 is 2.31. The van der Waals surface area contributed by atoms with Gasteiger partial charge in [-0.3, -0.25) is 4.79 Å². The van der Waals surface area contributed by atoms with Crippen molar-refractivity contribution < 1.29 is 4.79 Å². The lowest BCUT2D eigenvalue weighted by atomic mass is 9.98. The molecule has 0 aromatic heterocycles. The SMILES string of the molecule is O=C1Nc2cccc(I)c2C12CC2. The van der Waals surface area contributed by atoms with Gasteiger partial charge >= 0.3 is 0 Å². The highest BCUT2D eigenvalue weighted by Crippen LogP contribution is 2.56. The van der Waals surface area contributed by atoms with Crippen LogP contribution in [0.4, 0.5) is 5.69 Å². The van der Waals surface area contributed by atoms with E-state index < -0.39 is 0 Å². The van der Waals surface area contributed by atoms with Crippen LogP contribution in [-0.2, 0) is 10.2 Å². The Morgan fingerprint density at radius 2 is 2.15 bits per heavy atom. The second kappa shape index (κ2) is 2.26. The number of carbonyl (C=O) groups is 1. The minimum absolute atomic E-state index is 0.132. The Kier molecular flexibility index (Phi) is 1.35. The topological polar surface area (TPSA) is 29.1 Å². The number of carbonyl (C=O) groups excluding carboxylic acids is 1. The first-order valence-electron chi connectivity index (χ1n) is 4.34. The van der Waals surface area contributed by atoms with Gasteiger partial charge in [-0.15, -0.1) is 0 Å². The van der Waals surface area contributed by atoms with E-state index in [-0.39, 0.29) is 11.3 Å². The van der Waals surface area contributed by atoms with Crippen LogP contribution < -0.4 is 5.32 Å². The summed E-state index contributed by atoms with van der Waals surface area (Å²) in [5, 5.41) is 2.95. The average Bonchev–Trinajstić information content (AvgIpc) is 2.79. The molecule has 1 aliphatic carbocycles. The average molecular weight is 285 g/mol. The molecular formula is C10H8INO. The van der Waals surface area contributed by atoms with Crippen molar-refractivity contribution in [3.8, 4) is 0 Å². The largest absolute Gasteiger partial charge is 0.325 e. The standard InChI is InChI=1S/C10H8INO/c11-6-2-1-3-7-8(6)10(4-5-10)9(13)12-7/h1-3H,4-5H2,(H,12,13). The highest BCUT2D eigenvalue weighted by molar-refractivity contribution is 14.1. The number of hydrogen-bond acceptors (Lipinski definition) is 1. The summed E-state index contributed by atoms with van der Waals surface area (Å²) in [5.41, 5.74) is 2.13. The van der Waals surface area contributed by atoms with E-state index in [2.05, 4.69) is 34.0 Å². The first-order valence-corrected chi connectivity index (χ1v) is 5.42. The molecule has 0 radical (unpaired) electrons. The molecule has 13 heavy (non-hydrogen) atoms. The van der Waals surface area contributed by atoms with E-state index in [1.807, 2.05) is 12.1 Å². The van der Waals surface area contributed by atoms with Gasteiger partial charge in [-0.25, -0.2) is 0 Å². The number of amides is 1. The molecule has 66 valence electrons. The Bertz CT molecular complexity index is 409. The van der Waals surface area contributed by atoms with Crippen molar-refractivity contribution in [3.05, 3.63) is 27.3 Å². The molecule has 3 rings (SSSR count). The summed E-state index contributed by atoms with van der Waals surface area (Å²) in [6, 6.07) is 6.05. The quantitative estimate of drug-likeness (QED) is 0.728. The molecule has 1 aromatic rings. The molecule has 0 atom stereocenters. The normalized spacial score (nSPS) is 21.5. The molecule has 1 aromatic carbocycles. The lowest BCUT2D eigenvalue weighted by Crippen LogP contribution is -2.18. The lowest BCUT2D eigenvalue weighted by Gasteiger charge is -2.05. The fourth-order valence-corrected chi connectivity index (χ4v) is 3.09. The van der Waals surface area contributed by atoms with Crippen molar-refractivity contribution in [1.29, 1.82) is 0 Å². The van der Waals surface area contributed by atoms with Crippen molar-refractivity contribution in [2.24, 2.45) is 0 Å². The smallest absolute Gasteiger partial charge is 0.235 e. The molecule has 3 heteroatoms. The van der Waals surface area contributed by atoms with Crippen molar-refractivity contribution in [3.63, 3.8) is 0 Å². The fourth-order valence-electron chi connectivity index (χ4n) is 2.07. The Balaban J connectivity index is 2.30. The van der Waals surface area contributed by atoms with Crippen molar-refractivity contribution in [2.45, 2.75) is 18.3 Å². The van der Waals surface area contributed by atoms with E-state index >= 15 is 0 Å². The second-order valence-corrected chi connectivity index (χ2v) is 4.86. The number of rotatable bonds is 0. The Hall–Kier alpha value is -0.580. The van der Waals surface area contributed by atoms with Crippen LogP contribution in [-0.4, -0.2) is 5.91 Å². The Labute approximate surface area is 89.9 Å². The first-order chi connectivity index (χ1) is 6.24. The molecule has 1 amide bonds. The third-order valence-electron chi connectivity index (χ3n) is 2.93. The van der Waals surface area contributed by atoms with E-state index in [1.165, 1.54) is 9.13 Å². The molecule has 1 saturated carbocycles. The molecule has 2 aliphatic rings. The number of fused-ring (bicyclic) bond motifs is 2. The molecule has 1 fully saturated rings. The predicted molar refractivity (Wildman–Crippen MR) is 58.7 cm³/mol. The Morgan fingerprint density at radius 1 is 1.38 bits per heavy atom. The summed E-state index contributed by atoms with van der Waals surface area (Å²) in [6.45, 7) is 0.